The molecule has 1 aromatic carbocycles. The van der Waals surface area contributed by atoms with Crippen molar-refractivity contribution in [2.75, 3.05) is 43.6 Å². The van der Waals surface area contributed by atoms with E-state index in [1.807, 2.05) is 4.90 Å². The molecule has 0 bridgehead atoms. The Bertz CT molecular complexity index is 1210. The zero-order chi connectivity index (χ0) is 25.2. The zero-order valence-electron chi connectivity index (χ0n) is 20.3. The molecule has 3 aliphatic rings. The Morgan fingerprint density at radius 2 is 2.08 bits per heavy atom. The van der Waals surface area contributed by atoms with Crippen molar-refractivity contribution in [2.45, 2.75) is 44.2 Å². The van der Waals surface area contributed by atoms with Gasteiger partial charge in [-0.05, 0) is 43.4 Å². The van der Waals surface area contributed by atoms with E-state index in [-0.39, 0.29) is 35.0 Å². The lowest BCUT2D eigenvalue weighted by Gasteiger charge is -2.37. The van der Waals surface area contributed by atoms with Gasteiger partial charge in [0.15, 0.2) is 0 Å². The molecular formula is C25H31FN6O3S. The minimum atomic E-state index is -0.567. The molecule has 0 unspecified atom stereocenters. The number of carbonyl (C=O) groups is 2. The van der Waals surface area contributed by atoms with Crippen molar-refractivity contribution in [3.8, 4) is 0 Å². The predicted octanol–water partition coefficient (Wildman–Crippen LogP) is 1.58. The van der Waals surface area contributed by atoms with Crippen molar-refractivity contribution in [1.29, 1.82) is 0 Å². The summed E-state index contributed by atoms with van der Waals surface area (Å²) in [4.78, 5) is 41.5. The molecule has 0 spiro atoms. The molecule has 4 heterocycles. The largest absolute Gasteiger partial charge is 0.383 e. The number of fused-ring (bicyclic) bond motifs is 1. The molecule has 3 aliphatic heterocycles. The third-order valence-electron chi connectivity index (χ3n) is 7.35. The van der Waals surface area contributed by atoms with Gasteiger partial charge in [0, 0.05) is 56.3 Å². The first-order valence-electron chi connectivity index (χ1n) is 12.4. The van der Waals surface area contributed by atoms with Gasteiger partial charge in [-0.1, -0.05) is 6.07 Å². The lowest BCUT2D eigenvalue weighted by molar-refractivity contribution is -0.134. The summed E-state index contributed by atoms with van der Waals surface area (Å²) in [6, 6.07) is 4.36. The highest BCUT2D eigenvalue weighted by atomic mass is 32.2. The van der Waals surface area contributed by atoms with Gasteiger partial charge >= 0.3 is 0 Å². The second-order valence-corrected chi connectivity index (χ2v) is 10.6. The molecule has 11 heteroatoms. The lowest BCUT2D eigenvalue weighted by atomic mass is 9.99. The van der Waals surface area contributed by atoms with Gasteiger partial charge < -0.3 is 15.1 Å². The van der Waals surface area contributed by atoms with Gasteiger partial charge in [-0.15, -0.1) is 11.8 Å². The summed E-state index contributed by atoms with van der Waals surface area (Å²) in [5.74, 6) is 0.774. The number of nitrogens with one attached hydrogen (secondary N) is 3. The van der Waals surface area contributed by atoms with Crippen LogP contribution in [0.4, 0.5) is 10.1 Å². The van der Waals surface area contributed by atoms with E-state index in [1.54, 1.807) is 35.8 Å². The molecule has 36 heavy (non-hydrogen) atoms. The normalized spacial score (nSPS) is 20.1. The maximum absolute atomic E-state index is 14.8. The Labute approximate surface area is 213 Å². The van der Waals surface area contributed by atoms with Crippen molar-refractivity contribution in [2.24, 2.45) is 0 Å². The molecule has 192 valence electrons. The molecule has 3 N–H and O–H groups in total. The average molecular weight is 515 g/mol. The number of piperidine rings is 1. The number of carbonyl (C=O) groups excluding carboxylic acids is 2. The van der Waals surface area contributed by atoms with Crippen LogP contribution in [0, 0.1) is 5.82 Å². The van der Waals surface area contributed by atoms with Gasteiger partial charge in [-0.2, -0.15) is 5.10 Å². The second-order valence-electron chi connectivity index (χ2n) is 9.62. The van der Waals surface area contributed by atoms with Crippen molar-refractivity contribution in [3.05, 3.63) is 56.8 Å². The van der Waals surface area contributed by atoms with E-state index in [2.05, 4.69) is 20.8 Å². The minimum Gasteiger partial charge on any atom is -0.383 e. The van der Waals surface area contributed by atoms with Crippen LogP contribution in [0.5, 0.6) is 0 Å². The smallest absolute Gasteiger partial charge is 0.269 e. The molecule has 2 saturated heterocycles. The van der Waals surface area contributed by atoms with Gasteiger partial charge in [0.2, 0.25) is 5.91 Å². The number of thioether (sulfide) groups is 1. The topological polar surface area (TPSA) is 110 Å². The number of anilines is 1. The third-order valence-corrected chi connectivity index (χ3v) is 8.29. The highest BCUT2D eigenvalue weighted by molar-refractivity contribution is 7.99. The number of benzene rings is 1. The lowest BCUT2D eigenvalue weighted by Crippen LogP contribution is -2.51. The van der Waals surface area contributed by atoms with Gasteiger partial charge in [-0.3, -0.25) is 19.7 Å². The summed E-state index contributed by atoms with van der Waals surface area (Å²) in [5, 5.41) is 13.3. The van der Waals surface area contributed by atoms with Crippen LogP contribution < -0.4 is 16.2 Å². The van der Waals surface area contributed by atoms with Crippen LogP contribution in [-0.2, 0) is 17.6 Å². The van der Waals surface area contributed by atoms with Crippen LogP contribution >= 0.6 is 11.8 Å². The molecule has 1 atom stereocenters. The quantitative estimate of drug-likeness (QED) is 0.556. The van der Waals surface area contributed by atoms with E-state index in [4.69, 9.17) is 0 Å². The molecule has 2 fully saturated rings. The third kappa shape index (κ3) is 4.99. The number of hydrogen-bond acceptors (Lipinski definition) is 7. The number of amides is 2. The summed E-state index contributed by atoms with van der Waals surface area (Å²) >= 11 is 1.72. The molecular weight excluding hydrogens is 483 g/mol. The standard InChI is InChI=1S/C25H31FN6O3S/c1-31(16-6-9-32(10-7-16)25(35)21-13-36-14-28-21)24(34)18-11-15(4-5-19(18)26)12-20-22-17(3-2-8-27-22)23(33)30-29-20/h4-5,11,16,21,27-28H,2-3,6-10,12-14H2,1H3,(H,30,33)/t21-/m0/s1. The number of aromatic amines is 1. The summed E-state index contributed by atoms with van der Waals surface area (Å²) < 4.78 is 14.8. The molecule has 5 rings (SSSR count). The Morgan fingerprint density at radius 3 is 2.83 bits per heavy atom. The van der Waals surface area contributed by atoms with Crippen LogP contribution in [0.1, 0.15) is 46.4 Å². The van der Waals surface area contributed by atoms with Crippen molar-refractivity contribution in [3.63, 3.8) is 0 Å². The summed E-state index contributed by atoms with van der Waals surface area (Å²) in [7, 11) is 1.70. The molecule has 1 aromatic heterocycles. The monoisotopic (exact) mass is 514 g/mol. The summed E-state index contributed by atoms with van der Waals surface area (Å²) in [6.07, 6.45) is 3.25. The van der Waals surface area contributed by atoms with Gasteiger partial charge in [0.1, 0.15) is 5.82 Å². The number of halogens is 1. The maximum Gasteiger partial charge on any atom is 0.269 e. The highest BCUT2D eigenvalue weighted by Crippen LogP contribution is 2.25. The number of aromatic nitrogens is 2. The van der Waals surface area contributed by atoms with E-state index in [1.165, 1.54) is 6.07 Å². The highest BCUT2D eigenvalue weighted by Gasteiger charge is 2.33. The van der Waals surface area contributed by atoms with Crippen LogP contribution in [0.15, 0.2) is 23.0 Å². The number of rotatable bonds is 5. The Hall–Kier alpha value is -2.92. The van der Waals surface area contributed by atoms with E-state index in [9.17, 15) is 18.8 Å². The molecule has 0 aliphatic carbocycles. The van der Waals surface area contributed by atoms with Crippen molar-refractivity contribution < 1.29 is 14.0 Å². The van der Waals surface area contributed by atoms with E-state index in [0.717, 1.165) is 35.8 Å². The minimum absolute atomic E-state index is 0.0203. The fourth-order valence-corrected chi connectivity index (χ4v) is 6.16. The zero-order valence-corrected chi connectivity index (χ0v) is 21.1. The number of hydrogen-bond donors (Lipinski definition) is 3. The average Bonchev–Trinajstić information content (AvgIpc) is 3.45. The van der Waals surface area contributed by atoms with Crippen LogP contribution in [0.2, 0.25) is 0 Å². The Morgan fingerprint density at radius 1 is 1.28 bits per heavy atom. The molecule has 2 aromatic rings. The number of H-pyrrole nitrogens is 1. The van der Waals surface area contributed by atoms with Crippen LogP contribution in [0.3, 0.4) is 0 Å². The van der Waals surface area contributed by atoms with Crippen LogP contribution in [0.25, 0.3) is 0 Å². The predicted molar refractivity (Wildman–Crippen MR) is 137 cm³/mol. The summed E-state index contributed by atoms with van der Waals surface area (Å²) in [5.41, 5.74) is 2.68. The van der Waals surface area contributed by atoms with E-state index in [0.29, 0.717) is 50.0 Å². The number of likely N-dealkylation sites (tertiary alicyclic amines) is 1. The molecule has 9 nitrogen and oxygen atoms in total. The SMILES string of the molecule is CN(C(=O)c1cc(Cc2n[nH]c(=O)c3c2NCCC3)ccc1F)C1CCN(C(=O)[C@@H]2CSCN2)CC1. The van der Waals surface area contributed by atoms with Gasteiger partial charge in [0.25, 0.3) is 11.5 Å². The Balaban J connectivity index is 1.27. The van der Waals surface area contributed by atoms with E-state index >= 15 is 0 Å². The first-order valence-corrected chi connectivity index (χ1v) is 13.6. The second kappa shape index (κ2) is 10.6. The Kier molecular flexibility index (Phi) is 7.29. The first-order chi connectivity index (χ1) is 17.4. The summed E-state index contributed by atoms with van der Waals surface area (Å²) in [6.45, 7) is 1.94. The fourth-order valence-electron chi connectivity index (χ4n) is 5.23. The van der Waals surface area contributed by atoms with Gasteiger partial charge in [-0.25, -0.2) is 9.49 Å². The molecule has 0 radical (unpaired) electrons. The first kappa shape index (κ1) is 24.8. The van der Waals surface area contributed by atoms with Crippen LogP contribution in [-0.4, -0.2) is 82.2 Å². The maximum atomic E-state index is 14.8. The molecule has 2 amide bonds. The molecule has 0 saturated carbocycles. The van der Waals surface area contributed by atoms with Crippen molar-refractivity contribution in [1.82, 2.24) is 25.3 Å². The fraction of sp³-hybridized carbons (Fsp3) is 0.520. The van der Waals surface area contributed by atoms with E-state index < -0.39 is 5.82 Å². The van der Waals surface area contributed by atoms with Crippen molar-refractivity contribution >= 4 is 29.3 Å². The number of nitrogens with zero attached hydrogens (tertiary/aromatic N) is 3. The van der Waals surface area contributed by atoms with Gasteiger partial charge in [0.05, 0.1) is 23.0 Å².